The van der Waals surface area contributed by atoms with Crippen LogP contribution in [0.25, 0.3) is 0 Å². The topological polar surface area (TPSA) is 108 Å². The van der Waals surface area contributed by atoms with Crippen LogP contribution in [0.3, 0.4) is 0 Å². The van der Waals surface area contributed by atoms with Gasteiger partial charge in [0.25, 0.3) is 5.91 Å². The number of hydrogen-bond donors (Lipinski definition) is 2. The van der Waals surface area contributed by atoms with Crippen LogP contribution in [0.4, 0.5) is 0 Å². The molecule has 138 valence electrons. The van der Waals surface area contributed by atoms with Crippen molar-refractivity contribution in [3.63, 3.8) is 0 Å². The van der Waals surface area contributed by atoms with E-state index in [9.17, 15) is 9.59 Å². The standard InChI is InChI=1S/C18H22N4O4/c1-11-14(9-20-22(11)2)18(24)21-15-10-25-8-7-16(15)26-13-5-3-12(4-6-13)17(19)23/h3-6,9,15-16H,7-8,10H2,1-2H3,(H2,19,23)(H,21,24)/t15-,16-/m1/s1. The summed E-state index contributed by atoms with van der Waals surface area (Å²) < 4.78 is 13.2. The number of nitrogens with two attached hydrogens (primary N) is 1. The first kappa shape index (κ1) is 17.9. The zero-order valence-corrected chi connectivity index (χ0v) is 14.8. The van der Waals surface area contributed by atoms with E-state index in [1.165, 1.54) is 0 Å². The van der Waals surface area contributed by atoms with E-state index < -0.39 is 5.91 Å². The number of hydrogen-bond acceptors (Lipinski definition) is 5. The van der Waals surface area contributed by atoms with Gasteiger partial charge in [-0.1, -0.05) is 0 Å². The third-order valence-corrected chi connectivity index (χ3v) is 4.52. The van der Waals surface area contributed by atoms with Gasteiger partial charge in [-0.05, 0) is 31.2 Å². The number of carbonyl (C=O) groups excluding carboxylic acids is 2. The highest BCUT2D eigenvalue weighted by atomic mass is 16.5. The molecule has 1 aliphatic heterocycles. The predicted molar refractivity (Wildman–Crippen MR) is 94.0 cm³/mol. The Hall–Kier alpha value is -2.87. The number of rotatable bonds is 5. The molecule has 26 heavy (non-hydrogen) atoms. The highest BCUT2D eigenvalue weighted by Gasteiger charge is 2.30. The third kappa shape index (κ3) is 3.85. The predicted octanol–water partition coefficient (Wildman–Crippen LogP) is 0.794. The molecule has 2 atom stereocenters. The van der Waals surface area contributed by atoms with Gasteiger partial charge in [0, 0.05) is 24.7 Å². The fourth-order valence-electron chi connectivity index (χ4n) is 2.83. The van der Waals surface area contributed by atoms with Crippen LogP contribution in [0.1, 0.15) is 32.8 Å². The minimum absolute atomic E-state index is 0.205. The van der Waals surface area contributed by atoms with Crippen molar-refractivity contribution < 1.29 is 19.1 Å². The fourth-order valence-corrected chi connectivity index (χ4v) is 2.83. The monoisotopic (exact) mass is 358 g/mol. The molecule has 0 radical (unpaired) electrons. The van der Waals surface area contributed by atoms with Crippen molar-refractivity contribution in [2.24, 2.45) is 12.8 Å². The number of nitrogens with one attached hydrogen (secondary N) is 1. The Kier molecular flexibility index (Phi) is 5.22. The Labute approximate surface area is 151 Å². The number of aromatic nitrogens is 2. The Morgan fingerprint density at radius 3 is 2.69 bits per heavy atom. The average molecular weight is 358 g/mol. The van der Waals surface area contributed by atoms with Gasteiger partial charge in [0.05, 0.1) is 31.0 Å². The summed E-state index contributed by atoms with van der Waals surface area (Å²) in [5, 5.41) is 7.07. The maximum Gasteiger partial charge on any atom is 0.255 e. The van der Waals surface area contributed by atoms with Gasteiger partial charge < -0.3 is 20.5 Å². The summed E-state index contributed by atoms with van der Waals surface area (Å²) in [6.07, 6.45) is 1.96. The summed E-state index contributed by atoms with van der Waals surface area (Å²) in [5.41, 5.74) is 6.98. The number of benzene rings is 1. The van der Waals surface area contributed by atoms with Crippen LogP contribution in [-0.2, 0) is 11.8 Å². The molecule has 2 aromatic rings. The van der Waals surface area contributed by atoms with Crippen LogP contribution < -0.4 is 15.8 Å². The molecule has 0 saturated carbocycles. The Bertz CT molecular complexity index is 800. The lowest BCUT2D eigenvalue weighted by molar-refractivity contribution is -0.00289. The lowest BCUT2D eigenvalue weighted by atomic mass is 10.1. The molecule has 3 rings (SSSR count). The number of carbonyl (C=O) groups is 2. The summed E-state index contributed by atoms with van der Waals surface area (Å²) >= 11 is 0. The molecule has 0 spiro atoms. The summed E-state index contributed by atoms with van der Waals surface area (Å²) in [6.45, 7) is 2.77. The van der Waals surface area contributed by atoms with Gasteiger partial charge in [-0.15, -0.1) is 0 Å². The second-order valence-corrected chi connectivity index (χ2v) is 6.26. The zero-order valence-electron chi connectivity index (χ0n) is 14.8. The van der Waals surface area contributed by atoms with E-state index in [-0.39, 0.29) is 18.1 Å². The van der Waals surface area contributed by atoms with Crippen molar-refractivity contribution in [1.82, 2.24) is 15.1 Å². The van der Waals surface area contributed by atoms with E-state index >= 15 is 0 Å². The van der Waals surface area contributed by atoms with Crippen LogP contribution in [0.15, 0.2) is 30.5 Å². The van der Waals surface area contributed by atoms with Gasteiger partial charge in [-0.25, -0.2) is 0 Å². The molecule has 8 heteroatoms. The first-order chi connectivity index (χ1) is 12.5. The fraction of sp³-hybridized carbons (Fsp3) is 0.389. The average Bonchev–Trinajstić information content (AvgIpc) is 2.96. The van der Waals surface area contributed by atoms with Gasteiger partial charge >= 0.3 is 0 Å². The van der Waals surface area contributed by atoms with Crippen LogP contribution in [-0.4, -0.2) is 47.0 Å². The number of primary amides is 1. The molecule has 0 unspecified atom stereocenters. The molecule has 8 nitrogen and oxygen atoms in total. The molecule has 1 aromatic heterocycles. The minimum atomic E-state index is -0.486. The van der Waals surface area contributed by atoms with Crippen LogP contribution >= 0.6 is 0 Å². The Morgan fingerprint density at radius 1 is 1.35 bits per heavy atom. The number of amides is 2. The van der Waals surface area contributed by atoms with Crippen molar-refractivity contribution in [1.29, 1.82) is 0 Å². The number of aryl methyl sites for hydroxylation is 1. The van der Waals surface area contributed by atoms with Crippen LogP contribution in [0, 0.1) is 6.92 Å². The van der Waals surface area contributed by atoms with Crippen molar-refractivity contribution in [3.05, 3.63) is 47.3 Å². The molecule has 1 aliphatic rings. The summed E-state index contributed by atoms with van der Waals surface area (Å²) in [7, 11) is 1.79. The lowest BCUT2D eigenvalue weighted by Crippen LogP contribution is -2.51. The molecule has 2 amide bonds. The Balaban J connectivity index is 1.68. The molecule has 2 heterocycles. The molecule has 1 fully saturated rings. The number of ether oxygens (including phenoxy) is 2. The van der Waals surface area contributed by atoms with Gasteiger partial charge in [0.1, 0.15) is 11.9 Å². The van der Waals surface area contributed by atoms with E-state index in [2.05, 4.69) is 10.4 Å². The van der Waals surface area contributed by atoms with Gasteiger partial charge in [-0.3, -0.25) is 14.3 Å². The third-order valence-electron chi connectivity index (χ3n) is 4.52. The molecule has 0 aliphatic carbocycles. The summed E-state index contributed by atoms with van der Waals surface area (Å²) in [4.78, 5) is 23.7. The SMILES string of the molecule is Cc1c(C(=O)N[C@@H]2COCC[C@H]2Oc2ccc(C(N)=O)cc2)cnn1C. The maximum absolute atomic E-state index is 12.5. The Morgan fingerprint density at radius 2 is 2.08 bits per heavy atom. The lowest BCUT2D eigenvalue weighted by Gasteiger charge is -2.32. The van der Waals surface area contributed by atoms with Crippen molar-refractivity contribution >= 4 is 11.8 Å². The number of nitrogens with zero attached hydrogens (tertiary/aromatic N) is 2. The van der Waals surface area contributed by atoms with E-state index in [1.807, 2.05) is 6.92 Å². The van der Waals surface area contributed by atoms with Crippen molar-refractivity contribution in [3.8, 4) is 5.75 Å². The molecular weight excluding hydrogens is 336 g/mol. The molecule has 1 aromatic carbocycles. The second-order valence-electron chi connectivity index (χ2n) is 6.26. The van der Waals surface area contributed by atoms with E-state index in [1.54, 1.807) is 42.2 Å². The van der Waals surface area contributed by atoms with Crippen molar-refractivity contribution in [2.45, 2.75) is 25.5 Å². The maximum atomic E-state index is 12.5. The summed E-state index contributed by atoms with van der Waals surface area (Å²) in [5.74, 6) is -0.0814. The van der Waals surface area contributed by atoms with E-state index in [4.69, 9.17) is 15.2 Å². The molecule has 1 saturated heterocycles. The second kappa shape index (κ2) is 7.57. The first-order valence-corrected chi connectivity index (χ1v) is 8.39. The molecule has 0 bridgehead atoms. The quantitative estimate of drug-likeness (QED) is 0.822. The highest BCUT2D eigenvalue weighted by Crippen LogP contribution is 2.19. The molecular formula is C18H22N4O4. The zero-order chi connectivity index (χ0) is 18.7. The van der Waals surface area contributed by atoms with E-state index in [0.717, 1.165) is 5.69 Å². The smallest absolute Gasteiger partial charge is 0.255 e. The highest BCUT2D eigenvalue weighted by molar-refractivity contribution is 5.95. The van der Waals surface area contributed by atoms with Gasteiger partial charge in [-0.2, -0.15) is 5.10 Å². The first-order valence-electron chi connectivity index (χ1n) is 8.39. The van der Waals surface area contributed by atoms with E-state index in [0.29, 0.717) is 36.5 Å². The van der Waals surface area contributed by atoms with Crippen molar-refractivity contribution in [2.75, 3.05) is 13.2 Å². The normalized spacial score (nSPS) is 19.8. The minimum Gasteiger partial charge on any atom is -0.488 e. The largest absolute Gasteiger partial charge is 0.488 e. The molecule has 3 N–H and O–H groups in total. The van der Waals surface area contributed by atoms with Gasteiger partial charge in [0.2, 0.25) is 5.91 Å². The summed E-state index contributed by atoms with van der Waals surface area (Å²) in [6, 6.07) is 6.33. The van der Waals surface area contributed by atoms with Gasteiger partial charge in [0.15, 0.2) is 0 Å². The van der Waals surface area contributed by atoms with Crippen LogP contribution in [0.2, 0.25) is 0 Å². The van der Waals surface area contributed by atoms with Crippen LogP contribution in [0.5, 0.6) is 5.75 Å².